The first-order chi connectivity index (χ1) is 12.1. The number of benzene rings is 1. The van der Waals surface area contributed by atoms with Crippen molar-refractivity contribution >= 4 is 98.4 Å². The molecule has 0 bridgehead atoms. The van der Waals surface area contributed by atoms with Crippen molar-refractivity contribution in [3.05, 3.63) is 35.0 Å². The van der Waals surface area contributed by atoms with Crippen LogP contribution in [0.15, 0.2) is 18.2 Å². The van der Waals surface area contributed by atoms with Crippen LogP contribution in [0.4, 0.5) is 0 Å². The third kappa shape index (κ3) is 5.31. The summed E-state index contributed by atoms with van der Waals surface area (Å²) >= 11 is 14.0. The van der Waals surface area contributed by atoms with Crippen LogP contribution in [0.2, 0.25) is 25.7 Å². The third-order valence-corrected chi connectivity index (χ3v) is 8.45. The number of rotatable bonds is 8. The zero-order valence-electron chi connectivity index (χ0n) is 15.4. The summed E-state index contributed by atoms with van der Waals surface area (Å²) in [6.45, 7) is 8.58. The Bertz CT molecular complexity index is 791. The molecule has 1 aliphatic carbocycles. The maximum Gasteiger partial charge on any atom is 0.151 e. The van der Waals surface area contributed by atoms with Crippen molar-refractivity contribution in [2.24, 2.45) is 0 Å². The molecule has 0 radical (unpaired) electrons. The quantitative estimate of drug-likeness (QED) is 0.117. The summed E-state index contributed by atoms with van der Waals surface area (Å²) in [7, 11) is -1.07. The van der Waals surface area contributed by atoms with E-state index in [4.69, 9.17) is 16.3 Å². The van der Waals surface area contributed by atoms with Gasteiger partial charge >= 0.3 is 0 Å². The van der Waals surface area contributed by atoms with Crippen LogP contribution >= 0.6 is 79.4 Å². The zero-order valence-corrected chi connectivity index (χ0v) is 23.6. The summed E-state index contributed by atoms with van der Waals surface area (Å²) in [4.78, 5) is 0. The fourth-order valence-electron chi connectivity index (χ4n) is 3.23. The standard InChI is InChI=1S/C19H25ClI3NOSi/c1-26(2,3)9-8-25-12-24-16-7-6-14(13-4-5-13)10-15(16)18(17(24)11-20)19(21,22)23/h6-7,10,13H,4-5,8-9,11-12H2,1-3H3. The Kier molecular flexibility index (Phi) is 7.36. The molecule has 1 aromatic heterocycles. The highest BCUT2D eigenvalue weighted by Gasteiger charge is 2.32. The van der Waals surface area contributed by atoms with Gasteiger partial charge in [0, 0.05) is 31.3 Å². The fourth-order valence-corrected chi connectivity index (χ4v) is 6.07. The number of hydrogen-bond donors (Lipinski definition) is 0. The van der Waals surface area contributed by atoms with Gasteiger partial charge in [-0.15, -0.1) is 11.6 Å². The first-order valence-corrected chi connectivity index (χ1v) is 16.5. The molecule has 2 nitrogen and oxygen atoms in total. The first-order valence-electron chi connectivity index (χ1n) is 8.98. The van der Waals surface area contributed by atoms with E-state index in [9.17, 15) is 0 Å². The molecule has 0 aliphatic heterocycles. The van der Waals surface area contributed by atoms with Crippen LogP contribution in [-0.4, -0.2) is 19.2 Å². The maximum atomic E-state index is 6.44. The van der Waals surface area contributed by atoms with Gasteiger partial charge in [0.05, 0.1) is 11.4 Å². The highest BCUT2D eigenvalue weighted by Crippen LogP contribution is 2.52. The van der Waals surface area contributed by atoms with E-state index in [1.165, 1.54) is 46.6 Å². The molecule has 0 amide bonds. The molecule has 1 saturated carbocycles. The van der Waals surface area contributed by atoms with E-state index in [0.717, 1.165) is 12.5 Å². The van der Waals surface area contributed by atoms with E-state index in [2.05, 4.69) is 110 Å². The third-order valence-electron chi connectivity index (χ3n) is 4.87. The molecule has 26 heavy (non-hydrogen) atoms. The smallest absolute Gasteiger partial charge is 0.151 e. The van der Waals surface area contributed by atoms with Gasteiger partial charge in [0.15, 0.2) is -0.565 Å². The van der Waals surface area contributed by atoms with Crippen molar-refractivity contribution in [1.82, 2.24) is 4.57 Å². The van der Waals surface area contributed by atoms with Crippen molar-refractivity contribution in [2.75, 3.05) is 6.61 Å². The fraction of sp³-hybridized carbons (Fsp3) is 0.579. The Morgan fingerprint density at radius 2 is 1.92 bits per heavy atom. The van der Waals surface area contributed by atoms with Gasteiger partial charge in [0.2, 0.25) is 0 Å². The van der Waals surface area contributed by atoms with Crippen LogP contribution < -0.4 is 0 Å². The van der Waals surface area contributed by atoms with Crippen molar-refractivity contribution in [3.8, 4) is 0 Å². The van der Waals surface area contributed by atoms with Gasteiger partial charge in [-0.25, -0.2) is 0 Å². The lowest BCUT2D eigenvalue weighted by molar-refractivity contribution is 0.0888. The minimum atomic E-state index is -1.07. The molecule has 0 saturated heterocycles. The van der Waals surface area contributed by atoms with Crippen molar-refractivity contribution in [3.63, 3.8) is 0 Å². The molecule has 0 N–H and O–H groups in total. The first kappa shape index (κ1) is 22.1. The molecule has 7 heteroatoms. The highest BCUT2D eigenvalue weighted by molar-refractivity contribution is 14.3. The number of halogens is 4. The highest BCUT2D eigenvalue weighted by atomic mass is 127. The van der Waals surface area contributed by atoms with Gasteiger partial charge in [0.1, 0.15) is 6.73 Å². The van der Waals surface area contributed by atoms with Gasteiger partial charge in [-0.3, -0.25) is 0 Å². The van der Waals surface area contributed by atoms with Crippen LogP contribution in [0.1, 0.15) is 35.6 Å². The van der Waals surface area contributed by atoms with Crippen LogP contribution in [0, 0.1) is 0 Å². The minimum Gasteiger partial charge on any atom is -0.361 e. The summed E-state index contributed by atoms with van der Waals surface area (Å²) in [5.41, 5.74) is 5.27. The molecule has 2 aromatic rings. The average molecular weight is 728 g/mol. The molecule has 3 rings (SSSR count). The van der Waals surface area contributed by atoms with Crippen molar-refractivity contribution in [1.29, 1.82) is 0 Å². The molecule has 1 heterocycles. The van der Waals surface area contributed by atoms with E-state index in [1.54, 1.807) is 0 Å². The van der Waals surface area contributed by atoms with Crippen molar-refractivity contribution in [2.45, 2.75) is 56.5 Å². The summed E-state index contributed by atoms with van der Waals surface area (Å²) in [6, 6.07) is 8.17. The summed E-state index contributed by atoms with van der Waals surface area (Å²) in [6.07, 6.45) is 2.65. The van der Waals surface area contributed by atoms with Crippen LogP contribution in [0.5, 0.6) is 0 Å². The molecule has 1 aromatic carbocycles. The van der Waals surface area contributed by atoms with E-state index in [-0.39, 0.29) is -0.565 Å². The second-order valence-corrected chi connectivity index (χ2v) is 25.2. The van der Waals surface area contributed by atoms with Crippen molar-refractivity contribution < 1.29 is 4.74 Å². The molecular weight excluding hydrogens is 702 g/mol. The van der Waals surface area contributed by atoms with Crippen LogP contribution in [0.25, 0.3) is 10.9 Å². The summed E-state index contributed by atoms with van der Waals surface area (Å²) in [5, 5.41) is 1.34. The van der Waals surface area contributed by atoms with Crippen LogP contribution in [0.3, 0.4) is 0 Å². The topological polar surface area (TPSA) is 14.2 Å². The molecule has 0 unspecified atom stereocenters. The Hall–Kier alpha value is 1.42. The van der Waals surface area contributed by atoms with Crippen LogP contribution in [-0.2, 0) is 16.8 Å². The number of nitrogens with zero attached hydrogens (tertiary/aromatic N) is 1. The number of alkyl halides is 4. The number of aromatic nitrogens is 1. The molecule has 1 fully saturated rings. The maximum absolute atomic E-state index is 6.44. The predicted molar refractivity (Wildman–Crippen MR) is 141 cm³/mol. The lowest BCUT2D eigenvalue weighted by Gasteiger charge is -2.17. The average Bonchev–Trinajstić information content (AvgIpc) is 3.31. The van der Waals surface area contributed by atoms with E-state index in [0.29, 0.717) is 12.6 Å². The van der Waals surface area contributed by atoms with Gasteiger partial charge in [-0.05, 0) is 110 Å². The Labute approximate surface area is 203 Å². The number of ether oxygens (including phenoxy) is 1. The second kappa shape index (κ2) is 8.65. The lowest BCUT2D eigenvalue weighted by Crippen LogP contribution is -2.22. The SMILES string of the molecule is C[Si](C)(C)CCOCn1c(CCl)c(C(I)(I)I)c2cc(C3CC3)ccc21. The van der Waals surface area contributed by atoms with Gasteiger partial charge in [0.25, 0.3) is 0 Å². The normalized spacial score (nSPS) is 15.8. The van der Waals surface area contributed by atoms with E-state index < -0.39 is 8.07 Å². The van der Waals surface area contributed by atoms with E-state index in [1.807, 2.05) is 0 Å². The van der Waals surface area contributed by atoms with Gasteiger partial charge < -0.3 is 9.30 Å². The Morgan fingerprint density at radius 1 is 1.23 bits per heavy atom. The molecule has 1 aliphatic rings. The van der Waals surface area contributed by atoms with Gasteiger partial charge in [-0.1, -0.05) is 25.7 Å². The number of hydrogen-bond acceptors (Lipinski definition) is 1. The van der Waals surface area contributed by atoms with Gasteiger partial charge in [-0.2, -0.15) is 0 Å². The monoisotopic (exact) mass is 727 g/mol. The summed E-state index contributed by atoms with van der Waals surface area (Å²) < 4.78 is 8.36. The number of fused-ring (bicyclic) bond motifs is 1. The molecule has 144 valence electrons. The molecular formula is C19H25ClI3NOSi. The second-order valence-electron chi connectivity index (χ2n) is 8.28. The largest absolute Gasteiger partial charge is 0.361 e. The predicted octanol–water partition coefficient (Wildman–Crippen LogP) is 7.99. The Morgan fingerprint density at radius 3 is 2.46 bits per heavy atom. The molecule has 0 spiro atoms. The summed E-state index contributed by atoms with van der Waals surface area (Å²) in [5.74, 6) is 1.27. The lowest BCUT2D eigenvalue weighted by atomic mass is 10.1. The van der Waals surface area contributed by atoms with E-state index >= 15 is 0 Å². The minimum absolute atomic E-state index is 0.0263. The Balaban J connectivity index is 1.98. The molecule has 0 atom stereocenters. The zero-order chi connectivity index (χ0) is 19.1.